The molecule has 0 aromatic heterocycles. The molecule has 1 aliphatic heterocycles. The Kier molecular flexibility index (Phi) is 3.48. The molecule has 1 aromatic rings. The van der Waals surface area contributed by atoms with E-state index in [0.29, 0.717) is 17.8 Å². The first-order chi connectivity index (χ1) is 8.90. The Morgan fingerprint density at radius 3 is 2.79 bits per heavy atom. The molecule has 0 fully saturated rings. The molecular weight excluding hydrogens is 238 g/mol. The van der Waals surface area contributed by atoms with E-state index in [-0.39, 0.29) is 17.2 Å². The van der Waals surface area contributed by atoms with Crippen molar-refractivity contribution in [1.82, 2.24) is 0 Å². The minimum Gasteiger partial charge on any atom is -0.383 e. The topological polar surface area (TPSA) is 64.9 Å². The summed E-state index contributed by atoms with van der Waals surface area (Å²) in [6, 6.07) is 7.53. The van der Waals surface area contributed by atoms with E-state index in [0.717, 1.165) is 12.1 Å². The van der Waals surface area contributed by atoms with Gasteiger partial charge in [-0.2, -0.15) is 5.26 Å². The van der Waals surface area contributed by atoms with Crippen molar-refractivity contribution in [2.24, 2.45) is 11.3 Å². The van der Waals surface area contributed by atoms with Gasteiger partial charge in [-0.3, -0.25) is 4.79 Å². The molecule has 1 heterocycles. The molecule has 1 unspecified atom stereocenters. The fourth-order valence-corrected chi connectivity index (χ4v) is 2.38. The number of carbonyl (C=O) groups is 1. The van der Waals surface area contributed by atoms with Crippen molar-refractivity contribution in [2.75, 3.05) is 17.2 Å². The van der Waals surface area contributed by atoms with Crippen molar-refractivity contribution in [3.8, 4) is 6.07 Å². The van der Waals surface area contributed by atoms with E-state index in [2.05, 4.69) is 37.5 Å². The Hall–Kier alpha value is -2.02. The molecule has 2 N–H and O–H groups in total. The average molecular weight is 257 g/mol. The Labute approximate surface area is 113 Å². The third-order valence-corrected chi connectivity index (χ3v) is 3.20. The van der Waals surface area contributed by atoms with Gasteiger partial charge in [-0.25, -0.2) is 0 Å². The van der Waals surface area contributed by atoms with Gasteiger partial charge in [0.25, 0.3) is 0 Å². The van der Waals surface area contributed by atoms with Crippen molar-refractivity contribution in [3.05, 3.63) is 23.8 Å². The number of rotatable bonds is 1. The first-order valence-electron chi connectivity index (χ1n) is 6.48. The molecule has 0 saturated carbocycles. The standard InChI is InChI=1S/C15H19N3O/c1-15(2,3)7-11-9-17-12-6-4-5-10(8-16)13(12)18-14(11)19/h4-6,11,17H,7,9H2,1-3H3,(H,18,19). The van der Waals surface area contributed by atoms with Gasteiger partial charge in [-0.1, -0.05) is 26.8 Å². The predicted molar refractivity (Wildman–Crippen MR) is 75.8 cm³/mol. The zero-order chi connectivity index (χ0) is 14.0. The largest absolute Gasteiger partial charge is 0.383 e. The number of nitriles is 1. The summed E-state index contributed by atoms with van der Waals surface area (Å²) in [5.41, 5.74) is 2.02. The number of fused-ring (bicyclic) bond motifs is 1. The Bertz CT molecular complexity index is 537. The monoisotopic (exact) mass is 257 g/mol. The van der Waals surface area contributed by atoms with E-state index in [1.807, 2.05) is 12.1 Å². The maximum Gasteiger partial charge on any atom is 0.229 e. The van der Waals surface area contributed by atoms with E-state index in [1.54, 1.807) is 6.07 Å². The van der Waals surface area contributed by atoms with Crippen LogP contribution in [0.1, 0.15) is 32.8 Å². The second-order valence-corrected chi connectivity index (χ2v) is 6.17. The van der Waals surface area contributed by atoms with Crippen molar-refractivity contribution >= 4 is 17.3 Å². The number of anilines is 2. The fraction of sp³-hybridized carbons (Fsp3) is 0.467. The number of benzene rings is 1. The van der Waals surface area contributed by atoms with Gasteiger partial charge in [0.15, 0.2) is 0 Å². The zero-order valence-electron chi connectivity index (χ0n) is 11.6. The van der Waals surface area contributed by atoms with E-state index < -0.39 is 0 Å². The second-order valence-electron chi connectivity index (χ2n) is 6.17. The van der Waals surface area contributed by atoms with Gasteiger partial charge < -0.3 is 10.6 Å². The first-order valence-corrected chi connectivity index (χ1v) is 6.48. The molecule has 1 atom stereocenters. The minimum absolute atomic E-state index is 0.0103. The molecule has 1 aliphatic rings. The van der Waals surface area contributed by atoms with Gasteiger partial charge in [-0.05, 0) is 24.0 Å². The van der Waals surface area contributed by atoms with Crippen LogP contribution in [0.3, 0.4) is 0 Å². The number of nitrogens with one attached hydrogen (secondary N) is 2. The van der Waals surface area contributed by atoms with Crippen molar-refractivity contribution < 1.29 is 4.79 Å². The molecule has 0 bridgehead atoms. The number of amides is 1. The molecule has 0 aliphatic carbocycles. The van der Waals surface area contributed by atoms with E-state index >= 15 is 0 Å². The summed E-state index contributed by atoms with van der Waals surface area (Å²) in [5, 5.41) is 15.3. The Morgan fingerprint density at radius 2 is 2.16 bits per heavy atom. The van der Waals surface area contributed by atoms with E-state index in [9.17, 15) is 4.79 Å². The third-order valence-electron chi connectivity index (χ3n) is 3.20. The Morgan fingerprint density at radius 1 is 1.42 bits per heavy atom. The summed E-state index contributed by atoms with van der Waals surface area (Å²) < 4.78 is 0. The lowest BCUT2D eigenvalue weighted by Crippen LogP contribution is -2.29. The van der Waals surface area contributed by atoms with E-state index in [4.69, 9.17) is 5.26 Å². The highest BCUT2D eigenvalue weighted by Crippen LogP contribution is 2.32. The third kappa shape index (κ3) is 3.05. The Balaban J connectivity index is 2.27. The van der Waals surface area contributed by atoms with Crippen LogP contribution in [0, 0.1) is 22.7 Å². The van der Waals surface area contributed by atoms with Crippen molar-refractivity contribution in [3.63, 3.8) is 0 Å². The van der Waals surface area contributed by atoms with Crippen LogP contribution in [0.15, 0.2) is 18.2 Å². The maximum absolute atomic E-state index is 12.3. The van der Waals surface area contributed by atoms with Crippen molar-refractivity contribution in [2.45, 2.75) is 27.2 Å². The number of nitrogens with zero attached hydrogens (tertiary/aromatic N) is 1. The average Bonchev–Trinajstić information content (AvgIpc) is 2.48. The molecule has 2 rings (SSSR count). The molecular formula is C15H19N3O. The molecule has 19 heavy (non-hydrogen) atoms. The summed E-state index contributed by atoms with van der Waals surface area (Å²) in [4.78, 5) is 12.3. The number of carbonyl (C=O) groups excluding carboxylic acids is 1. The lowest BCUT2D eigenvalue weighted by Gasteiger charge is -2.23. The highest BCUT2D eigenvalue weighted by atomic mass is 16.1. The highest BCUT2D eigenvalue weighted by molar-refractivity contribution is 5.99. The van der Waals surface area contributed by atoms with E-state index in [1.165, 1.54) is 0 Å². The van der Waals surface area contributed by atoms with Crippen LogP contribution in [0.5, 0.6) is 0 Å². The minimum atomic E-state index is -0.0843. The fourth-order valence-electron chi connectivity index (χ4n) is 2.38. The number of para-hydroxylation sites is 1. The summed E-state index contributed by atoms with van der Waals surface area (Å²) >= 11 is 0. The number of hydrogen-bond donors (Lipinski definition) is 2. The van der Waals surface area contributed by atoms with Gasteiger partial charge in [-0.15, -0.1) is 0 Å². The van der Waals surface area contributed by atoms with Crippen LogP contribution in [-0.4, -0.2) is 12.5 Å². The molecule has 4 heteroatoms. The molecule has 100 valence electrons. The summed E-state index contributed by atoms with van der Waals surface area (Å²) in [6.07, 6.45) is 0.807. The summed E-state index contributed by atoms with van der Waals surface area (Å²) in [7, 11) is 0. The predicted octanol–water partition coefficient (Wildman–Crippen LogP) is 2.97. The van der Waals surface area contributed by atoms with Crippen LogP contribution < -0.4 is 10.6 Å². The van der Waals surface area contributed by atoms with Crippen LogP contribution in [0.2, 0.25) is 0 Å². The molecule has 0 saturated heterocycles. The lowest BCUT2D eigenvalue weighted by atomic mass is 9.84. The van der Waals surface area contributed by atoms with Gasteiger partial charge in [0.05, 0.1) is 22.9 Å². The van der Waals surface area contributed by atoms with Crippen LogP contribution in [0.25, 0.3) is 0 Å². The normalized spacial score (nSPS) is 18.6. The van der Waals surface area contributed by atoms with Crippen LogP contribution in [0.4, 0.5) is 11.4 Å². The van der Waals surface area contributed by atoms with Gasteiger partial charge in [0.1, 0.15) is 6.07 Å². The smallest absolute Gasteiger partial charge is 0.229 e. The molecule has 1 aromatic carbocycles. The SMILES string of the molecule is CC(C)(C)CC1CNc2cccc(C#N)c2NC1=O. The van der Waals surface area contributed by atoms with Gasteiger partial charge in [0.2, 0.25) is 5.91 Å². The quantitative estimate of drug-likeness (QED) is 0.813. The first kappa shape index (κ1) is 13.4. The van der Waals surface area contributed by atoms with Crippen LogP contribution >= 0.6 is 0 Å². The maximum atomic E-state index is 12.3. The second kappa shape index (κ2) is 4.93. The van der Waals surface area contributed by atoms with Gasteiger partial charge in [0, 0.05) is 6.54 Å². The lowest BCUT2D eigenvalue weighted by molar-refractivity contribution is -0.120. The van der Waals surface area contributed by atoms with Crippen LogP contribution in [-0.2, 0) is 4.79 Å². The van der Waals surface area contributed by atoms with Gasteiger partial charge >= 0.3 is 0 Å². The highest BCUT2D eigenvalue weighted by Gasteiger charge is 2.28. The zero-order valence-corrected chi connectivity index (χ0v) is 11.6. The summed E-state index contributed by atoms with van der Waals surface area (Å²) in [6.45, 7) is 6.97. The van der Waals surface area contributed by atoms with Crippen molar-refractivity contribution in [1.29, 1.82) is 5.26 Å². The molecule has 4 nitrogen and oxygen atoms in total. The molecule has 0 spiro atoms. The number of hydrogen-bond acceptors (Lipinski definition) is 3. The molecule has 1 amide bonds. The summed E-state index contributed by atoms with van der Waals surface area (Å²) in [5.74, 6) is -0.0946. The molecule has 0 radical (unpaired) electrons.